The van der Waals surface area contributed by atoms with Crippen LogP contribution in [0.1, 0.15) is 37.3 Å². The summed E-state index contributed by atoms with van der Waals surface area (Å²) in [6.45, 7) is 4.22. The van der Waals surface area contributed by atoms with Crippen LogP contribution in [0.3, 0.4) is 0 Å². The maximum atomic E-state index is 11.5. The van der Waals surface area contributed by atoms with Gasteiger partial charge in [-0.15, -0.1) is 0 Å². The van der Waals surface area contributed by atoms with E-state index in [1.54, 1.807) is 12.1 Å². The third-order valence-electron chi connectivity index (χ3n) is 3.71. The molecule has 0 bridgehead atoms. The van der Waals surface area contributed by atoms with Gasteiger partial charge in [-0.3, -0.25) is 9.35 Å². The first kappa shape index (κ1) is 26.8. The standard InChI is InChI=1S/C13H19NO2.C7H8O3S.Na.H/c1-2-3-9-12(14)13(15)16-10-11-7-5-4-6-8-11;1-6-2-4-7(5-3-6)11(8,9)10;;/h4-8,12H,2-3,9-10,14H2,1H3;2-5H,1H3,(H,8,9,10);;/t12-;;;/m0.../s1. The summed E-state index contributed by atoms with van der Waals surface area (Å²) in [5.41, 5.74) is 7.63. The number of nitrogens with two attached hydrogens (primary N) is 1. The second-order valence-electron chi connectivity index (χ2n) is 6.13. The molecule has 0 aromatic heterocycles. The van der Waals surface area contributed by atoms with Gasteiger partial charge in [-0.1, -0.05) is 67.8 Å². The molecule has 0 saturated heterocycles. The van der Waals surface area contributed by atoms with Crippen molar-refractivity contribution < 1.29 is 22.5 Å². The molecule has 28 heavy (non-hydrogen) atoms. The molecule has 2 rings (SSSR count). The van der Waals surface area contributed by atoms with Crippen molar-refractivity contribution in [3.63, 3.8) is 0 Å². The van der Waals surface area contributed by atoms with Crippen molar-refractivity contribution in [2.75, 3.05) is 0 Å². The van der Waals surface area contributed by atoms with Crippen LogP contribution >= 0.6 is 0 Å². The van der Waals surface area contributed by atoms with Crippen molar-refractivity contribution in [1.82, 2.24) is 0 Å². The van der Waals surface area contributed by atoms with E-state index in [1.165, 1.54) is 12.1 Å². The number of ether oxygens (including phenoxy) is 1. The van der Waals surface area contributed by atoms with Crippen molar-refractivity contribution in [3.05, 3.63) is 65.7 Å². The summed E-state index contributed by atoms with van der Waals surface area (Å²) in [6.07, 6.45) is 2.70. The fourth-order valence-corrected chi connectivity index (χ4v) is 2.57. The average molecular weight is 418 g/mol. The molecule has 0 fully saturated rings. The van der Waals surface area contributed by atoms with Crippen molar-refractivity contribution in [2.24, 2.45) is 5.73 Å². The topological polar surface area (TPSA) is 107 Å². The molecule has 0 radical (unpaired) electrons. The van der Waals surface area contributed by atoms with E-state index in [2.05, 4.69) is 6.92 Å². The molecule has 0 aliphatic carbocycles. The second-order valence-corrected chi connectivity index (χ2v) is 7.55. The molecule has 0 aliphatic rings. The van der Waals surface area contributed by atoms with Crippen molar-refractivity contribution >= 4 is 45.6 Å². The number of unbranched alkanes of at least 4 members (excludes halogenated alkanes) is 1. The molecule has 6 nitrogen and oxygen atoms in total. The Balaban J connectivity index is 0.000000535. The van der Waals surface area contributed by atoms with E-state index in [1.807, 2.05) is 37.3 Å². The fourth-order valence-electron chi connectivity index (χ4n) is 2.09. The number of carbonyl (C=O) groups is 1. The van der Waals surface area contributed by atoms with Gasteiger partial charge in [-0.05, 0) is 31.0 Å². The number of aryl methyl sites for hydroxylation is 1. The van der Waals surface area contributed by atoms with Gasteiger partial charge in [-0.25, -0.2) is 0 Å². The van der Waals surface area contributed by atoms with E-state index in [9.17, 15) is 13.2 Å². The third-order valence-corrected chi connectivity index (χ3v) is 4.58. The Hall–Kier alpha value is -1.22. The average Bonchev–Trinajstić information content (AvgIpc) is 2.65. The van der Waals surface area contributed by atoms with Gasteiger partial charge in [0, 0.05) is 0 Å². The second kappa shape index (κ2) is 13.9. The number of benzene rings is 2. The number of rotatable bonds is 7. The van der Waals surface area contributed by atoms with E-state index < -0.39 is 16.2 Å². The summed E-state index contributed by atoms with van der Waals surface area (Å²) in [5.74, 6) is -0.308. The van der Waals surface area contributed by atoms with Crippen molar-refractivity contribution in [3.8, 4) is 0 Å². The molecule has 0 amide bonds. The molecule has 1 atom stereocenters. The van der Waals surface area contributed by atoms with Gasteiger partial charge in [0.25, 0.3) is 10.1 Å². The Labute approximate surface area is 189 Å². The summed E-state index contributed by atoms with van der Waals surface area (Å²) < 4.78 is 34.7. The van der Waals surface area contributed by atoms with Gasteiger partial charge in [-0.2, -0.15) is 8.42 Å². The van der Waals surface area contributed by atoms with E-state index in [4.69, 9.17) is 15.0 Å². The van der Waals surface area contributed by atoms with E-state index >= 15 is 0 Å². The Morgan fingerprint density at radius 3 is 2.18 bits per heavy atom. The molecule has 0 spiro atoms. The van der Waals surface area contributed by atoms with Crippen LogP contribution < -0.4 is 5.73 Å². The van der Waals surface area contributed by atoms with Gasteiger partial charge < -0.3 is 10.5 Å². The van der Waals surface area contributed by atoms with Crippen LogP contribution in [0.2, 0.25) is 0 Å². The van der Waals surface area contributed by atoms with Crippen LogP contribution in [0.5, 0.6) is 0 Å². The van der Waals surface area contributed by atoms with Crippen LogP contribution in [-0.4, -0.2) is 54.5 Å². The van der Waals surface area contributed by atoms with Gasteiger partial charge in [0.2, 0.25) is 0 Å². The maximum absolute atomic E-state index is 11.5. The van der Waals surface area contributed by atoms with E-state index in [0.29, 0.717) is 13.0 Å². The zero-order valence-electron chi connectivity index (χ0n) is 15.7. The van der Waals surface area contributed by atoms with Crippen LogP contribution in [-0.2, 0) is 26.3 Å². The first-order chi connectivity index (χ1) is 12.7. The molecule has 8 heteroatoms. The van der Waals surface area contributed by atoms with Gasteiger partial charge >= 0.3 is 35.5 Å². The Kier molecular flexibility index (Phi) is 13.3. The monoisotopic (exact) mass is 417 g/mol. The Morgan fingerprint density at radius 1 is 1.11 bits per heavy atom. The first-order valence-corrected chi connectivity index (χ1v) is 10.2. The van der Waals surface area contributed by atoms with Crippen LogP contribution in [0.25, 0.3) is 0 Å². The zero-order chi connectivity index (χ0) is 20.3. The molecule has 3 N–H and O–H groups in total. The number of hydrogen-bond acceptors (Lipinski definition) is 5. The van der Waals surface area contributed by atoms with E-state index in [0.717, 1.165) is 24.0 Å². The van der Waals surface area contributed by atoms with Crippen molar-refractivity contribution in [2.45, 2.75) is 50.7 Å². The molecule has 0 unspecified atom stereocenters. The minimum atomic E-state index is -4.02. The predicted octanol–water partition coefficient (Wildman–Crippen LogP) is 2.84. The molecule has 0 aliphatic heterocycles. The third kappa shape index (κ3) is 10.9. The van der Waals surface area contributed by atoms with Crippen LogP contribution in [0.15, 0.2) is 59.5 Å². The molecule has 150 valence electrons. The SMILES string of the molecule is CCCC[C@H](N)C(=O)OCc1ccccc1.Cc1ccc(S(=O)(=O)O)cc1.[NaH]. The van der Waals surface area contributed by atoms with Gasteiger partial charge in [0.1, 0.15) is 12.6 Å². The first-order valence-electron chi connectivity index (χ1n) is 8.74. The summed E-state index contributed by atoms with van der Waals surface area (Å²) in [4.78, 5) is 11.4. The van der Waals surface area contributed by atoms with Crippen molar-refractivity contribution in [1.29, 1.82) is 0 Å². The fraction of sp³-hybridized carbons (Fsp3) is 0.350. The van der Waals surface area contributed by atoms with Gasteiger partial charge in [0.05, 0.1) is 4.90 Å². The summed E-state index contributed by atoms with van der Waals surface area (Å²) >= 11 is 0. The molecular formula is C20H28NNaO5S. The van der Waals surface area contributed by atoms with Crippen LogP contribution in [0.4, 0.5) is 0 Å². The number of esters is 1. The van der Waals surface area contributed by atoms with E-state index in [-0.39, 0.29) is 40.4 Å². The predicted molar refractivity (Wildman–Crippen MR) is 112 cm³/mol. The molecule has 0 saturated carbocycles. The quantitative estimate of drug-likeness (QED) is 0.408. The normalized spacial score (nSPS) is 11.4. The molecule has 2 aromatic rings. The minimum absolute atomic E-state index is 0. The number of carbonyl (C=O) groups excluding carboxylic acids is 1. The molecule has 0 heterocycles. The zero-order valence-corrected chi connectivity index (χ0v) is 16.5. The Bertz CT molecular complexity index is 795. The number of hydrogen-bond donors (Lipinski definition) is 2. The van der Waals surface area contributed by atoms with Crippen LogP contribution in [0, 0.1) is 6.92 Å². The molecule has 2 aromatic carbocycles. The Morgan fingerprint density at radius 2 is 1.68 bits per heavy atom. The summed E-state index contributed by atoms with van der Waals surface area (Å²) in [6, 6.07) is 15.1. The molecular weight excluding hydrogens is 389 g/mol. The summed E-state index contributed by atoms with van der Waals surface area (Å²) in [5, 5.41) is 0. The summed E-state index contributed by atoms with van der Waals surface area (Å²) in [7, 11) is -4.02. The van der Waals surface area contributed by atoms with Gasteiger partial charge in [0.15, 0.2) is 0 Å².